The maximum atomic E-state index is 13.9. The molecule has 3 aliphatic carbocycles. The SMILES string of the molecule is CC(C(=O)O[C]1CCCC2CCCCC12)C1(F)CC1F. The summed E-state index contributed by atoms with van der Waals surface area (Å²) in [5.74, 6) is -0.572. The van der Waals surface area contributed by atoms with Gasteiger partial charge in [0.05, 0.1) is 5.92 Å². The smallest absolute Gasteiger partial charge is 0.312 e. The van der Waals surface area contributed by atoms with Gasteiger partial charge in [0, 0.05) is 12.3 Å². The quantitative estimate of drug-likeness (QED) is 0.728. The second-order valence-electron chi connectivity index (χ2n) is 6.75. The average molecular weight is 285 g/mol. The molecule has 0 aliphatic heterocycles. The van der Waals surface area contributed by atoms with Crippen LogP contribution in [-0.4, -0.2) is 17.8 Å². The molecule has 20 heavy (non-hydrogen) atoms. The normalized spacial score (nSPS) is 42.6. The van der Waals surface area contributed by atoms with E-state index < -0.39 is 23.7 Å². The van der Waals surface area contributed by atoms with Crippen LogP contribution in [-0.2, 0) is 9.53 Å². The number of carbonyl (C=O) groups is 1. The third-order valence-corrected chi connectivity index (χ3v) is 5.48. The van der Waals surface area contributed by atoms with Crippen LogP contribution in [0.2, 0.25) is 0 Å². The molecule has 113 valence electrons. The third kappa shape index (κ3) is 2.46. The second kappa shape index (κ2) is 5.27. The summed E-state index contributed by atoms with van der Waals surface area (Å²) >= 11 is 0. The lowest BCUT2D eigenvalue weighted by atomic mass is 9.69. The molecule has 0 spiro atoms. The number of halogens is 2. The molecule has 3 aliphatic rings. The fourth-order valence-corrected chi connectivity index (χ4v) is 3.90. The number of hydrogen-bond donors (Lipinski definition) is 0. The highest BCUT2D eigenvalue weighted by molar-refractivity contribution is 5.75. The minimum absolute atomic E-state index is 0.162. The predicted molar refractivity (Wildman–Crippen MR) is 71.2 cm³/mol. The molecule has 5 atom stereocenters. The van der Waals surface area contributed by atoms with Crippen LogP contribution < -0.4 is 0 Å². The highest BCUT2D eigenvalue weighted by Gasteiger charge is 2.63. The van der Waals surface area contributed by atoms with Gasteiger partial charge in [-0.25, -0.2) is 8.78 Å². The van der Waals surface area contributed by atoms with Crippen LogP contribution in [0.5, 0.6) is 0 Å². The van der Waals surface area contributed by atoms with Gasteiger partial charge < -0.3 is 4.74 Å². The van der Waals surface area contributed by atoms with E-state index in [1.54, 1.807) is 0 Å². The molecule has 0 aromatic carbocycles. The van der Waals surface area contributed by atoms with Crippen molar-refractivity contribution in [2.24, 2.45) is 17.8 Å². The number of alkyl halides is 2. The van der Waals surface area contributed by atoms with Crippen molar-refractivity contribution in [2.75, 3.05) is 0 Å². The van der Waals surface area contributed by atoms with Crippen molar-refractivity contribution >= 4 is 5.97 Å². The van der Waals surface area contributed by atoms with Gasteiger partial charge in [0.2, 0.25) is 0 Å². The summed E-state index contributed by atoms with van der Waals surface area (Å²) in [6.45, 7) is 1.45. The number of carbonyl (C=O) groups excluding carboxylic acids is 1. The molecule has 2 nitrogen and oxygen atoms in total. The average Bonchev–Trinajstić information content (AvgIpc) is 3.07. The van der Waals surface area contributed by atoms with Crippen LogP contribution >= 0.6 is 0 Å². The van der Waals surface area contributed by atoms with Gasteiger partial charge in [0.25, 0.3) is 0 Å². The molecule has 5 unspecified atom stereocenters. The van der Waals surface area contributed by atoms with Crippen molar-refractivity contribution in [2.45, 2.75) is 70.1 Å². The molecular weight excluding hydrogens is 262 g/mol. The van der Waals surface area contributed by atoms with E-state index in [1.807, 2.05) is 0 Å². The Morgan fingerprint density at radius 3 is 2.65 bits per heavy atom. The van der Waals surface area contributed by atoms with Gasteiger partial charge in [0.1, 0.15) is 6.17 Å². The fraction of sp³-hybridized carbons (Fsp3) is 0.875. The van der Waals surface area contributed by atoms with Crippen LogP contribution in [0.15, 0.2) is 0 Å². The van der Waals surface area contributed by atoms with Gasteiger partial charge in [-0.2, -0.15) is 0 Å². The third-order valence-electron chi connectivity index (χ3n) is 5.48. The van der Waals surface area contributed by atoms with Crippen LogP contribution in [0.3, 0.4) is 0 Å². The fourth-order valence-electron chi connectivity index (χ4n) is 3.90. The lowest BCUT2D eigenvalue weighted by molar-refractivity contribution is -0.154. The number of ether oxygens (including phenoxy) is 1. The molecule has 0 saturated heterocycles. The molecule has 0 heterocycles. The van der Waals surface area contributed by atoms with Crippen molar-refractivity contribution in [3.63, 3.8) is 0 Å². The number of hydrogen-bond acceptors (Lipinski definition) is 2. The second-order valence-corrected chi connectivity index (χ2v) is 6.75. The summed E-state index contributed by atoms with van der Waals surface area (Å²) < 4.78 is 32.5. The Hall–Kier alpha value is -0.670. The van der Waals surface area contributed by atoms with Crippen LogP contribution in [0.4, 0.5) is 8.78 Å². The summed E-state index contributed by atoms with van der Waals surface area (Å²) in [6.07, 6.45) is 6.97. The number of esters is 1. The predicted octanol–water partition coefficient (Wildman–Crippen LogP) is 4.14. The molecular formula is C16H23F2O2. The van der Waals surface area contributed by atoms with Crippen molar-refractivity contribution in [3.05, 3.63) is 6.10 Å². The Morgan fingerprint density at radius 1 is 1.30 bits per heavy atom. The van der Waals surface area contributed by atoms with Gasteiger partial charge in [0.15, 0.2) is 11.8 Å². The van der Waals surface area contributed by atoms with E-state index in [2.05, 4.69) is 0 Å². The maximum absolute atomic E-state index is 13.9. The van der Waals surface area contributed by atoms with Crippen molar-refractivity contribution in [3.8, 4) is 0 Å². The molecule has 3 rings (SSSR count). The molecule has 3 saturated carbocycles. The highest BCUT2D eigenvalue weighted by atomic mass is 19.2. The van der Waals surface area contributed by atoms with Crippen LogP contribution in [0.1, 0.15) is 58.3 Å². The number of fused-ring (bicyclic) bond motifs is 1. The van der Waals surface area contributed by atoms with Gasteiger partial charge >= 0.3 is 5.97 Å². The van der Waals surface area contributed by atoms with E-state index in [9.17, 15) is 13.6 Å². The standard InChI is InChI=1S/C16H23F2O2/c1-10(16(18)9-14(16)17)15(19)20-13-8-4-6-11-5-2-3-7-12(11)13/h10-12,14H,2-9H2,1H3. The Balaban J connectivity index is 1.60. The molecule has 0 aromatic heterocycles. The zero-order chi connectivity index (χ0) is 14.3. The van der Waals surface area contributed by atoms with Gasteiger partial charge in [-0.15, -0.1) is 0 Å². The summed E-state index contributed by atoms with van der Waals surface area (Å²) in [6, 6.07) is 0. The summed E-state index contributed by atoms with van der Waals surface area (Å²) in [4.78, 5) is 12.1. The molecule has 0 N–H and O–H groups in total. The molecule has 0 amide bonds. The summed E-state index contributed by atoms with van der Waals surface area (Å²) in [5.41, 5.74) is -1.97. The Kier molecular flexibility index (Phi) is 3.76. The van der Waals surface area contributed by atoms with E-state index in [-0.39, 0.29) is 6.42 Å². The van der Waals surface area contributed by atoms with E-state index >= 15 is 0 Å². The molecule has 4 heteroatoms. The highest BCUT2D eigenvalue weighted by Crippen LogP contribution is 2.51. The largest absolute Gasteiger partial charge is 0.454 e. The minimum Gasteiger partial charge on any atom is -0.454 e. The molecule has 1 radical (unpaired) electrons. The molecule has 0 aromatic rings. The number of rotatable bonds is 3. The van der Waals surface area contributed by atoms with E-state index in [1.165, 1.54) is 32.6 Å². The Morgan fingerprint density at radius 2 is 1.95 bits per heavy atom. The van der Waals surface area contributed by atoms with Gasteiger partial charge in [-0.3, -0.25) is 4.79 Å². The van der Waals surface area contributed by atoms with Crippen molar-refractivity contribution in [1.29, 1.82) is 0 Å². The van der Waals surface area contributed by atoms with Crippen LogP contribution in [0, 0.1) is 23.9 Å². The summed E-state index contributed by atoms with van der Waals surface area (Å²) in [7, 11) is 0. The van der Waals surface area contributed by atoms with Crippen LogP contribution in [0.25, 0.3) is 0 Å². The van der Waals surface area contributed by atoms with Crippen molar-refractivity contribution in [1.82, 2.24) is 0 Å². The minimum atomic E-state index is -1.97. The van der Waals surface area contributed by atoms with E-state index in [0.29, 0.717) is 11.8 Å². The lowest BCUT2D eigenvalue weighted by Crippen LogP contribution is -2.35. The van der Waals surface area contributed by atoms with Gasteiger partial charge in [-0.1, -0.05) is 19.3 Å². The lowest BCUT2D eigenvalue weighted by Gasteiger charge is -2.40. The monoisotopic (exact) mass is 285 g/mol. The zero-order valence-electron chi connectivity index (χ0n) is 12.0. The Bertz CT molecular complexity index is 385. The maximum Gasteiger partial charge on any atom is 0.312 e. The first-order valence-electron chi connectivity index (χ1n) is 7.93. The molecule has 3 fully saturated rings. The topological polar surface area (TPSA) is 26.3 Å². The van der Waals surface area contributed by atoms with Crippen molar-refractivity contribution < 1.29 is 18.3 Å². The summed E-state index contributed by atoms with van der Waals surface area (Å²) in [5, 5.41) is 0. The van der Waals surface area contributed by atoms with E-state index in [0.717, 1.165) is 25.4 Å². The Labute approximate surface area is 119 Å². The molecule has 0 bridgehead atoms. The first-order valence-corrected chi connectivity index (χ1v) is 7.93. The first-order chi connectivity index (χ1) is 9.52. The van der Waals surface area contributed by atoms with E-state index in [4.69, 9.17) is 4.74 Å². The van der Waals surface area contributed by atoms with Gasteiger partial charge in [-0.05, 0) is 38.5 Å². The zero-order valence-corrected chi connectivity index (χ0v) is 12.0. The first kappa shape index (κ1) is 14.3.